The van der Waals surface area contributed by atoms with Crippen molar-refractivity contribution in [3.05, 3.63) is 22.3 Å². The average molecular weight is 278 g/mol. The first kappa shape index (κ1) is 11.8. The van der Waals surface area contributed by atoms with E-state index in [0.29, 0.717) is 6.54 Å². The number of hydrogen-bond donors (Lipinski definition) is 1. The van der Waals surface area contributed by atoms with Crippen LogP contribution in [0.4, 0.5) is 0 Å². The average Bonchev–Trinajstić information content (AvgIpc) is 2.04. The van der Waals surface area contributed by atoms with Gasteiger partial charge in [-0.1, -0.05) is 19.1 Å². The molecule has 2 N–H and O–H groups in total. The number of hydrogen-bond acceptors (Lipinski definition) is 2. The summed E-state index contributed by atoms with van der Waals surface area (Å²) in [6.07, 6.45) is 6.70. The minimum atomic E-state index is -0.0212. The van der Waals surface area contributed by atoms with Gasteiger partial charge in [0.05, 0.1) is 6.54 Å². The molecule has 0 aliphatic heterocycles. The van der Waals surface area contributed by atoms with E-state index in [4.69, 9.17) is 5.73 Å². The number of nitrogens with two attached hydrogens (primary N) is 1. The van der Waals surface area contributed by atoms with E-state index in [1.54, 1.807) is 6.08 Å². The molecule has 0 aliphatic rings. The lowest BCUT2D eigenvalue weighted by Gasteiger charge is -1.98. The Morgan fingerprint density at radius 1 is 1.75 bits per heavy atom. The second kappa shape index (κ2) is 7.49. The van der Waals surface area contributed by atoms with Crippen molar-refractivity contribution < 1.29 is 0 Å². The Kier molecular flexibility index (Phi) is 7.39. The van der Waals surface area contributed by atoms with E-state index in [-0.39, 0.29) is 6.04 Å². The van der Waals surface area contributed by atoms with Gasteiger partial charge in [0.15, 0.2) is 0 Å². The molecule has 2 nitrogen and oxygen atoms in total. The fraction of sp³-hybridized carbons (Fsp3) is 0.444. The molecule has 0 saturated carbocycles. The van der Waals surface area contributed by atoms with Crippen LogP contribution in [-0.4, -0.2) is 18.8 Å². The number of halogens is 1. The molecule has 0 aromatic rings. The maximum Gasteiger partial charge on any atom is 0.0577 e. The van der Waals surface area contributed by atoms with E-state index >= 15 is 0 Å². The first-order valence-electron chi connectivity index (χ1n) is 3.94. The lowest BCUT2D eigenvalue weighted by Crippen LogP contribution is -2.19. The lowest BCUT2D eigenvalue weighted by atomic mass is 10.3. The number of aliphatic imine (C=N–C) groups is 1. The van der Waals surface area contributed by atoms with Crippen molar-refractivity contribution in [2.45, 2.75) is 19.4 Å². The monoisotopic (exact) mass is 278 g/mol. The zero-order valence-electron chi connectivity index (χ0n) is 7.33. The Morgan fingerprint density at radius 3 is 2.92 bits per heavy atom. The van der Waals surface area contributed by atoms with Crippen LogP contribution in [-0.2, 0) is 0 Å². The molecule has 1 atom stereocenters. The molecule has 0 fully saturated rings. The molecule has 0 aliphatic carbocycles. The van der Waals surface area contributed by atoms with E-state index in [2.05, 4.69) is 47.2 Å². The van der Waals surface area contributed by atoms with Crippen LogP contribution in [0.1, 0.15) is 13.3 Å². The van der Waals surface area contributed by atoms with Gasteiger partial charge in [0.25, 0.3) is 0 Å². The highest BCUT2D eigenvalue weighted by Gasteiger charge is 1.91. The fourth-order valence-electron chi connectivity index (χ4n) is 0.584. The van der Waals surface area contributed by atoms with Gasteiger partial charge in [0, 0.05) is 15.8 Å². The standard InChI is InChI=1S/C9H15IN2/c1-3-5-8(10)6-12-7-9(11)4-2/h4-6,9H,2-3,7,11H2,1H3/b8-5+,12-6?. The van der Waals surface area contributed by atoms with E-state index < -0.39 is 0 Å². The van der Waals surface area contributed by atoms with Gasteiger partial charge in [-0.2, -0.15) is 0 Å². The van der Waals surface area contributed by atoms with Crippen LogP contribution in [0, 0.1) is 0 Å². The van der Waals surface area contributed by atoms with Crippen molar-refractivity contribution in [1.82, 2.24) is 0 Å². The summed E-state index contributed by atoms with van der Waals surface area (Å²) < 4.78 is 1.16. The Morgan fingerprint density at radius 2 is 2.42 bits per heavy atom. The molecule has 0 rings (SSSR count). The second-order valence-corrected chi connectivity index (χ2v) is 3.64. The molecule has 0 heterocycles. The molecule has 0 aromatic heterocycles. The molecule has 0 bridgehead atoms. The molecule has 0 radical (unpaired) electrons. The Labute approximate surface area is 87.8 Å². The molecule has 1 unspecified atom stereocenters. The van der Waals surface area contributed by atoms with Gasteiger partial charge >= 0.3 is 0 Å². The normalized spacial score (nSPS) is 15.1. The van der Waals surface area contributed by atoms with Gasteiger partial charge in [-0.25, -0.2) is 0 Å². The van der Waals surface area contributed by atoms with Gasteiger partial charge in [0.1, 0.15) is 0 Å². The third-order valence-corrected chi connectivity index (χ3v) is 1.95. The Hall–Kier alpha value is -0.160. The van der Waals surface area contributed by atoms with E-state index in [1.807, 2.05) is 6.21 Å². The number of allylic oxidation sites excluding steroid dienone is 2. The highest BCUT2D eigenvalue weighted by Crippen LogP contribution is 2.03. The summed E-state index contributed by atoms with van der Waals surface area (Å²) in [6.45, 7) is 6.30. The predicted octanol–water partition coefficient (Wildman–Crippen LogP) is 2.30. The van der Waals surface area contributed by atoms with Crippen LogP contribution >= 0.6 is 22.6 Å². The van der Waals surface area contributed by atoms with Gasteiger partial charge in [-0.05, 0) is 29.0 Å². The van der Waals surface area contributed by atoms with E-state index in [1.165, 1.54) is 0 Å². The Balaban J connectivity index is 3.75. The number of rotatable bonds is 5. The summed E-state index contributed by atoms with van der Waals surface area (Å²) >= 11 is 2.25. The first-order valence-corrected chi connectivity index (χ1v) is 5.02. The molecule has 0 spiro atoms. The minimum absolute atomic E-state index is 0.0212. The summed E-state index contributed by atoms with van der Waals surface area (Å²) in [5.41, 5.74) is 5.58. The third-order valence-electron chi connectivity index (χ3n) is 1.23. The Bertz CT molecular complexity index is 185. The smallest absolute Gasteiger partial charge is 0.0577 e. The summed E-state index contributed by atoms with van der Waals surface area (Å²) in [4.78, 5) is 4.16. The zero-order chi connectivity index (χ0) is 9.40. The second-order valence-electron chi connectivity index (χ2n) is 2.39. The van der Waals surface area contributed by atoms with Crippen molar-refractivity contribution >= 4 is 28.8 Å². The van der Waals surface area contributed by atoms with Crippen molar-refractivity contribution in [2.24, 2.45) is 10.7 Å². The fourth-order valence-corrected chi connectivity index (χ4v) is 1.22. The molecular weight excluding hydrogens is 263 g/mol. The van der Waals surface area contributed by atoms with E-state index in [9.17, 15) is 0 Å². The molecule has 12 heavy (non-hydrogen) atoms. The van der Waals surface area contributed by atoms with Gasteiger partial charge in [-0.15, -0.1) is 6.58 Å². The summed E-state index contributed by atoms with van der Waals surface area (Å²) in [5, 5.41) is 0. The van der Waals surface area contributed by atoms with Crippen LogP contribution in [0.25, 0.3) is 0 Å². The SMILES string of the molecule is C=CC(N)CN=C/C(I)=C\CC. The zero-order valence-corrected chi connectivity index (χ0v) is 9.49. The van der Waals surface area contributed by atoms with Crippen LogP contribution in [0.15, 0.2) is 27.3 Å². The van der Waals surface area contributed by atoms with Crippen LogP contribution in [0.3, 0.4) is 0 Å². The van der Waals surface area contributed by atoms with Crippen molar-refractivity contribution in [3.63, 3.8) is 0 Å². The molecule has 3 heteroatoms. The lowest BCUT2D eigenvalue weighted by molar-refractivity contribution is 0.829. The maximum absolute atomic E-state index is 5.58. The van der Waals surface area contributed by atoms with Crippen molar-refractivity contribution in [2.75, 3.05) is 6.54 Å². The van der Waals surface area contributed by atoms with Crippen LogP contribution in [0.5, 0.6) is 0 Å². The van der Waals surface area contributed by atoms with E-state index in [0.717, 1.165) is 10.0 Å². The van der Waals surface area contributed by atoms with Gasteiger partial charge in [-0.3, -0.25) is 4.99 Å². The van der Waals surface area contributed by atoms with Crippen molar-refractivity contribution in [1.29, 1.82) is 0 Å². The summed E-state index contributed by atoms with van der Waals surface area (Å²) in [7, 11) is 0. The van der Waals surface area contributed by atoms with Gasteiger partial charge in [0.2, 0.25) is 0 Å². The molecule has 0 amide bonds. The van der Waals surface area contributed by atoms with Crippen molar-refractivity contribution in [3.8, 4) is 0 Å². The predicted molar refractivity (Wildman–Crippen MR) is 63.9 cm³/mol. The molecule has 0 aromatic carbocycles. The molecule has 68 valence electrons. The maximum atomic E-state index is 5.58. The van der Waals surface area contributed by atoms with Crippen LogP contribution in [0.2, 0.25) is 0 Å². The van der Waals surface area contributed by atoms with Crippen LogP contribution < -0.4 is 5.73 Å². The molecule has 0 saturated heterocycles. The summed E-state index contributed by atoms with van der Waals surface area (Å²) in [6, 6.07) is -0.0212. The summed E-state index contributed by atoms with van der Waals surface area (Å²) in [5.74, 6) is 0. The molecular formula is C9H15IN2. The minimum Gasteiger partial charge on any atom is -0.323 e. The van der Waals surface area contributed by atoms with Gasteiger partial charge < -0.3 is 5.73 Å². The topological polar surface area (TPSA) is 38.4 Å². The first-order chi connectivity index (χ1) is 5.70. The highest BCUT2D eigenvalue weighted by molar-refractivity contribution is 14.1. The quantitative estimate of drug-likeness (QED) is 0.468. The highest BCUT2D eigenvalue weighted by atomic mass is 127. The third kappa shape index (κ3) is 6.54. The number of nitrogens with zero attached hydrogens (tertiary/aromatic N) is 1. The largest absolute Gasteiger partial charge is 0.323 e.